The molecule has 0 spiro atoms. The van der Waals surface area contributed by atoms with Crippen LogP contribution in [0.1, 0.15) is 24.0 Å². The first kappa shape index (κ1) is 10.8. The van der Waals surface area contributed by atoms with E-state index in [2.05, 4.69) is 39.7 Å². The van der Waals surface area contributed by atoms with Crippen molar-refractivity contribution in [3.63, 3.8) is 0 Å². The number of benzene rings is 1. The molecule has 1 heterocycles. The highest BCUT2D eigenvalue weighted by atomic mass is 127. The molecule has 3 rings (SSSR count). The number of fused-ring (bicyclic) bond motifs is 3. The van der Waals surface area contributed by atoms with Gasteiger partial charge in [0.1, 0.15) is 0 Å². The highest BCUT2D eigenvalue weighted by Crippen LogP contribution is 2.33. The molecular weight excluding hydrogens is 333 g/mol. The third kappa shape index (κ3) is 1.63. The van der Waals surface area contributed by atoms with Crippen molar-refractivity contribution in [3.05, 3.63) is 38.0 Å². The number of hydrogen-bond donors (Lipinski definition) is 0. The van der Waals surface area contributed by atoms with E-state index in [0.29, 0.717) is 0 Å². The van der Waals surface area contributed by atoms with Gasteiger partial charge in [-0.15, -0.1) is 0 Å². The van der Waals surface area contributed by atoms with Gasteiger partial charge < -0.3 is 0 Å². The van der Waals surface area contributed by atoms with Crippen molar-refractivity contribution >= 4 is 45.1 Å². The Bertz CT molecular complexity index is 565. The molecule has 1 aromatic carbocycles. The molecule has 0 bridgehead atoms. The fraction of sp³-hybridized carbons (Fsp3) is 0.308. The molecule has 0 aliphatic heterocycles. The lowest BCUT2D eigenvalue weighted by atomic mass is 9.90. The third-order valence-electron chi connectivity index (χ3n) is 3.26. The van der Waals surface area contributed by atoms with Crippen molar-refractivity contribution in [3.8, 4) is 0 Å². The van der Waals surface area contributed by atoms with Gasteiger partial charge in [0.25, 0.3) is 0 Å². The second kappa shape index (κ2) is 4.15. The van der Waals surface area contributed by atoms with Gasteiger partial charge in [0.05, 0.1) is 14.1 Å². The second-order valence-electron chi connectivity index (χ2n) is 4.23. The molecule has 0 atom stereocenters. The van der Waals surface area contributed by atoms with Gasteiger partial charge in [-0.05, 0) is 59.4 Å². The van der Waals surface area contributed by atoms with Gasteiger partial charge in [0, 0.05) is 11.6 Å². The third-order valence-corrected chi connectivity index (χ3v) is 4.80. The monoisotopic (exact) mass is 343 g/mol. The predicted molar refractivity (Wildman–Crippen MR) is 76.1 cm³/mol. The molecule has 0 fully saturated rings. The molecule has 0 radical (unpaired) electrons. The van der Waals surface area contributed by atoms with E-state index in [0.717, 1.165) is 25.9 Å². The molecule has 1 aromatic heterocycles. The number of aromatic nitrogens is 1. The number of nitrogens with zero attached hydrogens (tertiary/aromatic N) is 1. The van der Waals surface area contributed by atoms with Crippen molar-refractivity contribution in [2.24, 2.45) is 0 Å². The van der Waals surface area contributed by atoms with E-state index in [9.17, 15) is 0 Å². The first-order chi connectivity index (χ1) is 7.77. The Balaban J connectivity index is 2.36. The summed E-state index contributed by atoms with van der Waals surface area (Å²) in [5.41, 5.74) is 3.99. The van der Waals surface area contributed by atoms with Crippen LogP contribution in [0.5, 0.6) is 0 Å². The lowest BCUT2D eigenvalue weighted by Crippen LogP contribution is -2.04. The molecule has 0 saturated heterocycles. The molecule has 82 valence electrons. The fourth-order valence-electron chi connectivity index (χ4n) is 2.44. The van der Waals surface area contributed by atoms with Crippen molar-refractivity contribution in [1.82, 2.24) is 4.98 Å². The molecule has 0 saturated carbocycles. The van der Waals surface area contributed by atoms with Gasteiger partial charge in [-0.25, -0.2) is 0 Å². The molecule has 0 N–H and O–H groups in total. The van der Waals surface area contributed by atoms with Crippen LogP contribution in [0.3, 0.4) is 0 Å². The predicted octanol–water partition coefficient (Wildman–Crippen LogP) is 4.37. The highest BCUT2D eigenvalue weighted by Gasteiger charge is 2.15. The van der Waals surface area contributed by atoms with Crippen LogP contribution in [0.25, 0.3) is 10.9 Å². The molecule has 1 nitrogen and oxygen atoms in total. The second-order valence-corrected chi connectivity index (χ2v) is 5.77. The maximum atomic E-state index is 6.32. The molecule has 0 amide bonds. The lowest BCUT2D eigenvalue weighted by Gasteiger charge is -2.17. The molecular formula is C13H11ClIN. The molecule has 16 heavy (non-hydrogen) atoms. The van der Waals surface area contributed by atoms with E-state index in [1.807, 2.05) is 6.20 Å². The van der Waals surface area contributed by atoms with E-state index >= 15 is 0 Å². The van der Waals surface area contributed by atoms with Gasteiger partial charge in [0.2, 0.25) is 0 Å². The van der Waals surface area contributed by atoms with E-state index in [1.54, 1.807) is 0 Å². The van der Waals surface area contributed by atoms with Crippen LogP contribution in [-0.2, 0) is 12.8 Å². The molecule has 3 heteroatoms. The van der Waals surface area contributed by atoms with Crippen molar-refractivity contribution in [2.75, 3.05) is 0 Å². The summed E-state index contributed by atoms with van der Waals surface area (Å²) in [5, 5.41) is 1.95. The van der Waals surface area contributed by atoms with Gasteiger partial charge in [-0.2, -0.15) is 0 Å². The summed E-state index contributed by atoms with van der Waals surface area (Å²) in [6, 6.07) is 4.34. The van der Waals surface area contributed by atoms with E-state index in [-0.39, 0.29) is 0 Å². The van der Waals surface area contributed by atoms with Crippen LogP contribution >= 0.6 is 34.2 Å². The van der Waals surface area contributed by atoms with Crippen LogP contribution in [0.2, 0.25) is 5.02 Å². The zero-order valence-corrected chi connectivity index (χ0v) is 11.7. The van der Waals surface area contributed by atoms with Gasteiger partial charge in [-0.3, -0.25) is 4.98 Å². The molecule has 2 aromatic rings. The van der Waals surface area contributed by atoms with Gasteiger partial charge in [-0.1, -0.05) is 23.7 Å². The van der Waals surface area contributed by atoms with Crippen LogP contribution in [0.15, 0.2) is 18.3 Å². The first-order valence-electron chi connectivity index (χ1n) is 5.52. The zero-order chi connectivity index (χ0) is 11.1. The summed E-state index contributed by atoms with van der Waals surface area (Å²) in [6.45, 7) is 0. The Morgan fingerprint density at radius 3 is 2.88 bits per heavy atom. The maximum Gasteiger partial charge on any atom is 0.0752 e. The van der Waals surface area contributed by atoms with Gasteiger partial charge in [0.15, 0.2) is 0 Å². The number of hydrogen-bond acceptors (Lipinski definition) is 1. The Kier molecular flexibility index (Phi) is 2.80. The number of pyridine rings is 1. The van der Waals surface area contributed by atoms with E-state index in [1.165, 1.54) is 30.4 Å². The van der Waals surface area contributed by atoms with E-state index in [4.69, 9.17) is 11.6 Å². The summed E-state index contributed by atoms with van der Waals surface area (Å²) >= 11 is 8.55. The van der Waals surface area contributed by atoms with Crippen LogP contribution in [0, 0.1) is 3.57 Å². The topological polar surface area (TPSA) is 12.9 Å². The Labute approximate surface area is 113 Å². The van der Waals surface area contributed by atoms with E-state index < -0.39 is 0 Å². The average molecular weight is 344 g/mol. The van der Waals surface area contributed by atoms with Crippen LogP contribution in [0.4, 0.5) is 0 Å². The SMILES string of the molecule is Clc1c(I)cnc2c3c(ccc12)CCCC3. The standard InChI is InChI=1S/C13H11ClIN/c14-12-10-6-5-8-3-1-2-4-9(8)13(10)16-7-11(12)15/h5-7H,1-4H2. The van der Waals surface area contributed by atoms with Gasteiger partial charge >= 0.3 is 0 Å². The summed E-state index contributed by atoms with van der Waals surface area (Å²) in [5.74, 6) is 0. The van der Waals surface area contributed by atoms with Crippen molar-refractivity contribution < 1.29 is 0 Å². The van der Waals surface area contributed by atoms with Crippen LogP contribution < -0.4 is 0 Å². The Morgan fingerprint density at radius 2 is 2.00 bits per heavy atom. The minimum atomic E-state index is 0.846. The maximum absolute atomic E-state index is 6.32. The highest BCUT2D eigenvalue weighted by molar-refractivity contribution is 14.1. The minimum Gasteiger partial charge on any atom is -0.255 e. The number of aryl methyl sites for hydroxylation is 2. The Hall–Kier alpha value is -0.350. The minimum absolute atomic E-state index is 0.846. The summed E-state index contributed by atoms with van der Waals surface area (Å²) < 4.78 is 1.03. The molecule has 0 unspecified atom stereocenters. The lowest BCUT2D eigenvalue weighted by molar-refractivity contribution is 0.689. The summed E-state index contributed by atoms with van der Waals surface area (Å²) in [6.07, 6.45) is 6.79. The molecule has 1 aliphatic carbocycles. The quantitative estimate of drug-likeness (QED) is 0.647. The van der Waals surface area contributed by atoms with Crippen molar-refractivity contribution in [2.45, 2.75) is 25.7 Å². The van der Waals surface area contributed by atoms with Crippen LogP contribution in [-0.4, -0.2) is 4.98 Å². The number of rotatable bonds is 0. The molecule has 1 aliphatic rings. The largest absolute Gasteiger partial charge is 0.255 e. The van der Waals surface area contributed by atoms with Crippen molar-refractivity contribution in [1.29, 1.82) is 0 Å². The summed E-state index contributed by atoms with van der Waals surface area (Å²) in [4.78, 5) is 4.56. The Morgan fingerprint density at radius 1 is 1.19 bits per heavy atom. The first-order valence-corrected chi connectivity index (χ1v) is 6.97. The number of halogens is 2. The smallest absolute Gasteiger partial charge is 0.0752 e. The average Bonchev–Trinajstić information content (AvgIpc) is 2.33. The fourth-order valence-corrected chi connectivity index (χ4v) is 3.07. The summed E-state index contributed by atoms with van der Waals surface area (Å²) in [7, 11) is 0. The zero-order valence-electron chi connectivity index (χ0n) is 8.76. The normalized spacial score (nSPS) is 15.1.